The summed E-state index contributed by atoms with van der Waals surface area (Å²) in [6.07, 6.45) is -3.87. The minimum atomic E-state index is -4.59. The first-order valence-corrected chi connectivity index (χ1v) is 9.62. The molecule has 9 heteroatoms. The Labute approximate surface area is 155 Å². The second-order valence-electron chi connectivity index (χ2n) is 5.92. The number of halogens is 3. The summed E-state index contributed by atoms with van der Waals surface area (Å²) >= 11 is 0. The molecule has 0 aliphatic rings. The molecular formula is C18H19F3N2O3S. The van der Waals surface area contributed by atoms with Crippen LogP contribution in [0.1, 0.15) is 34.8 Å². The van der Waals surface area contributed by atoms with Crippen molar-refractivity contribution in [1.82, 2.24) is 5.32 Å². The van der Waals surface area contributed by atoms with Gasteiger partial charge in [0.15, 0.2) is 0 Å². The van der Waals surface area contributed by atoms with Gasteiger partial charge in [0.2, 0.25) is 0 Å². The van der Waals surface area contributed by atoms with Crippen LogP contribution in [0.4, 0.5) is 18.9 Å². The summed E-state index contributed by atoms with van der Waals surface area (Å²) in [7, 11) is -4.17. The van der Waals surface area contributed by atoms with E-state index in [1.54, 1.807) is 6.92 Å². The van der Waals surface area contributed by atoms with Crippen LogP contribution in [0.15, 0.2) is 47.4 Å². The first-order valence-electron chi connectivity index (χ1n) is 8.13. The van der Waals surface area contributed by atoms with E-state index in [0.717, 1.165) is 18.6 Å². The minimum Gasteiger partial charge on any atom is -0.352 e. The number of carbonyl (C=O) groups is 1. The van der Waals surface area contributed by atoms with Gasteiger partial charge in [0.25, 0.3) is 15.9 Å². The van der Waals surface area contributed by atoms with Crippen LogP contribution in [-0.2, 0) is 16.2 Å². The first kappa shape index (κ1) is 20.8. The van der Waals surface area contributed by atoms with Crippen LogP contribution >= 0.6 is 0 Å². The zero-order chi connectivity index (χ0) is 20.2. The van der Waals surface area contributed by atoms with Crippen molar-refractivity contribution in [3.63, 3.8) is 0 Å². The van der Waals surface area contributed by atoms with Gasteiger partial charge in [-0.2, -0.15) is 13.2 Å². The fourth-order valence-electron chi connectivity index (χ4n) is 2.32. The lowest BCUT2D eigenvalue weighted by atomic mass is 10.1. The second-order valence-corrected chi connectivity index (χ2v) is 7.60. The number of nitrogens with one attached hydrogen (secondary N) is 2. The molecule has 0 radical (unpaired) electrons. The Kier molecular flexibility index (Phi) is 6.15. The van der Waals surface area contributed by atoms with Crippen LogP contribution in [0.5, 0.6) is 0 Å². The fraction of sp³-hybridized carbons (Fsp3) is 0.278. The second kappa shape index (κ2) is 7.99. The highest BCUT2D eigenvalue weighted by Gasteiger charge is 2.30. The van der Waals surface area contributed by atoms with Crippen molar-refractivity contribution in [1.29, 1.82) is 0 Å². The van der Waals surface area contributed by atoms with Crippen LogP contribution in [0.3, 0.4) is 0 Å². The van der Waals surface area contributed by atoms with E-state index in [1.165, 1.54) is 24.3 Å². The monoisotopic (exact) mass is 400 g/mol. The number of sulfonamides is 1. The van der Waals surface area contributed by atoms with E-state index in [0.29, 0.717) is 18.2 Å². The number of alkyl halides is 3. The number of hydrogen-bond donors (Lipinski definition) is 2. The maximum absolute atomic E-state index is 12.8. The molecule has 0 spiro atoms. The van der Waals surface area contributed by atoms with E-state index in [4.69, 9.17) is 0 Å². The molecule has 146 valence electrons. The van der Waals surface area contributed by atoms with Gasteiger partial charge in [0.1, 0.15) is 0 Å². The number of hydrogen-bond acceptors (Lipinski definition) is 3. The van der Waals surface area contributed by atoms with Crippen molar-refractivity contribution in [2.45, 2.75) is 31.3 Å². The summed E-state index contributed by atoms with van der Waals surface area (Å²) in [5, 5.41) is 2.66. The molecule has 27 heavy (non-hydrogen) atoms. The molecule has 2 aromatic carbocycles. The lowest BCUT2D eigenvalue weighted by Crippen LogP contribution is -2.25. The smallest absolute Gasteiger partial charge is 0.352 e. The molecule has 2 aromatic rings. The maximum Gasteiger partial charge on any atom is 0.416 e. The lowest BCUT2D eigenvalue weighted by molar-refractivity contribution is -0.137. The Morgan fingerprint density at radius 1 is 1.11 bits per heavy atom. The Morgan fingerprint density at radius 3 is 2.44 bits per heavy atom. The van der Waals surface area contributed by atoms with Crippen LogP contribution in [0.25, 0.3) is 0 Å². The number of rotatable bonds is 6. The van der Waals surface area contributed by atoms with Gasteiger partial charge in [-0.1, -0.05) is 19.1 Å². The molecule has 5 nitrogen and oxygen atoms in total. The molecule has 0 fully saturated rings. The molecule has 0 aromatic heterocycles. The Balaban J connectivity index is 2.33. The highest BCUT2D eigenvalue weighted by Crippen LogP contribution is 2.31. The predicted molar refractivity (Wildman–Crippen MR) is 96.1 cm³/mol. The zero-order valence-electron chi connectivity index (χ0n) is 14.7. The highest BCUT2D eigenvalue weighted by molar-refractivity contribution is 7.92. The average Bonchev–Trinajstić information content (AvgIpc) is 2.59. The normalized spacial score (nSPS) is 11.9. The summed E-state index contributed by atoms with van der Waals surface area (Å²) in [6.45, 7) is 3.99. The zero-order valence-corrected chi connectivity index (χ0v) is 15.5. The van der Waals surface area contributed by atoms with Gasteiger partial charge in [0.05, 0.1) is 10.5 Å². The van der Waals surface area contributed by atoms with Crippen LogP contribution < -0.4 is 10.0 Å². The van der Waals surface area contributed by atoms with Gasteiger partial charge in [-0.25, -0.2) is 8.42 Å². The molecule has 0 atom stereocenters. The van der Waals surface area contributed by atoms with Crippen LogP contribution in [-0.4, -0.2) is 20.9 Å². The molecule has 1 amide bonds. The van der Waals surface area contributed by atoms with Gasteiger partial charge in [0, 0.05) is 17.8 Å². The van der Waals surface area contributed by atoms with E-state index in [9.17, 15) is 26.4 Å². The van der Waals surface area contributed by atoms with Gasteiger partial charge in [-0.3, -0.25) is 9.52 Å². The Bertz CT molecular complexity index is 941. The van der Waals surface area contributed by atoms with Crippen molar-refractivity contribution in [3.05, 3.63) is 59.2 Å². The van der Waals surface area contributed by atoms with E-state index in [2.05, 4.69) is 10.0 Å². The third-order valence-electron chi connectivity index (χ3n) is 3.74. The number of amides is 1. The summed E-state index contributed by atoms with van der Waals surface area (Å²) in [6, 6.07) is 7.86. The van der Waals surface area contributed by atoms with Crippen LogP contribution in [0.2, 0.25) is 0 Å². The topological polar surface area (TPSA) is 75.3 Å². The summed E-state index contributed by atoms with van der Waals surface area (Å²) in [5.41, 5.74) is -0.411. The molecule has 2 rings (SSSR count). The van der Waals surface area contributed by atoms with Gasteiger partial charge < -0.3 is 5.32 Å². The average molecular weight is 400 g/mol. The van der Waals surface area contributed by atoms with E-state index in [-0.39, 0.29) is 16.1 Å². The number of anilines is 1. The molecular weight excluding hydrogens is 381 g/mol. The summed E-state index contributed by atoms with van der Waals surface area (Å²) in [4.78, 5) is 11.9. The van der Waals surface area contributed by atoms with Crippen molar-refractivity contribution < 1.29 is 26.4 Å². The molecule has 0 saturated carbocycles. The van der Waals surface area contributed by atoms with E-state index >= 15 is 0 Å². The van der Waals surface area contributed by atoms with Crippen molar-refractivity contribution in [2.24, 2.45) is 0 Å². The molecule has 0 unspecified atom stereocenters. The summed E-state index contributed by atoms with van der Waals surface area (Å²) < 4.78 is 65.6. The number of aryl methyl sites for hydroxylation is 1. The highest BCUT2D eigenvalue weighted by atomic mass is 32.2. The van der Waals surface area contributed by atoms with Crippen molar-refractivity contribution >= 4 is 21.6 Å². The van der Waals surface area contributed by atoms with Gasteiger partial charge in [-0.05, 0) is 49.2 Å². The molecule has 2 N–H and O–H groups in total. The van der Waals surface area contributed by atoms with Crippen LogP contribution in [0, 0.1) is 6.92 Å². The number of carbonyl (C=O) groups excluding carboxylic acids is 1. The minimum absolute atomic E-state index is 0.190. The van der Waals surface area contributed by atoms with E-state index < -0.39 is 27.7 Å². The van der Waals surface area contributed by atoms with E-state index in [1.807, 2.05) is 6.92 Å². The largest absolute Gasteiger partial charge is 0.416 e. The van der Waals surface area contributed by atoms with Gasteiger partial charge in [-0.15, -0.1) is 0 Å². The third-order valence-corrected chi connectivity index (χ3v) is 5.12. The molecule has 0 aliphatic heterocycles. The molecule has 0 saturated heterocycles. The van der Waals surface area contributed by atoms with Crippen molar-refractivity contribution in [2.75, 3.05) is 11.3 Å². The SMILES string of the molecule is CCCNC(=O)c1cc(S(=O)(=O)Nc2cccc(C(F)(F)F)c2)ccc1C. The fourth-order valence-corrected chi connectivity index (χ4v) is 3.40. The Hall–Kier alpha value is -2.55. The lowest BCUT2D eigenvalue weighted by Gasteiger charge is -2.13. The molecule has 0 heterocycles. The van der Waals surface area contributed by atoms with Crippen molar-refractivity contribution in [3.8, 4) is 0 Å². The predicted octanol–water partition coefficient (Wildman–Crippen LogP) is 3.95. The summed E-state index contributed by atoms with van der Waals surface area (Å²) in [5.74, 6) is -0.412. The quantitative estimate of drug-likeness (QED) is 0.771. The number of benzene rings is 2. The Morgan fingerprint density at radius 2 is 1.81 bits per heavy atom. The first-order chi connectivity index (χ1) is 12.5. The third kappa shape index (κ3) is 5.22. The molecule has 0 bridgehead atoms. The molecule has 0 aliphatic carbocycles. The standard InChI is InChI=1S/C18H19F3N2O3S/c1-3-9-22-17(24)16-11-15(8-7-12(16)2)27(25,26)23-14-6-4-5-13(10-14)18(19,20)21/h4-8,10-11,23H,3,9H2,1-2H3,(H,22,24). The maximum atomic E-state index is 12.8. The van der Waals surface area contributed by atoms with Gasteiger partial charge >= 0.3 is 6.18 Å².